The fourth-order valence-corrected chi connectivity index (χ4v) is 4.38. The lowest BCUT2D eigenvalue weighted by Gasteiger charge is -2.21. The highest BCUT2D eigenvalue weighted by Gasteiger charge is 2.29. The Bertz CT molecular complexity index is 619. The summed E-state index contributed by atoms with van der Waals surface area (Å²) < 4.78 is 0. The largest absolute Gasteiger partial charge is 0.357 e. The van der Waals surface area contributed by atoms with Crippen LogP contribution >= 0.6 is 0 Å². The van der Waals surface area contributed by atoms with Gasteiger partial charge in [0.2, 0.25) is 0 Å². The number of aliphatic imine (C=N–C) groups is 1. The molecule has 2 aliphatic heterocycles. The van der Waals surface area contributed by atoms with E-state index < -0.39 is 0 Å². The zero-order valence-corrected chi connectivity index (χ0v) is 18.6. The molecule has 2 atom stereocenters. The Morgan fingerprint density at radius 1 is 1.14 bits per heavy atom. The summed E-state index contributed by atoms with van der Waals surface area (Å²) in [4.78, 5) is 12.4. The molecule has 6 heteroatoms. The minimum Gasteiger partial charge on any atom is -0.357 e. The molecule has 6 nitrogen and oxygen atoms in total. The van der Waals surface area contributed by atoms with Gasteiger partial charge in [0.25, 0.3) is 0 Å². The summed E-state index contributed by atoms with van der Waals surface area (Å²) in [5.74, 6) is 0.971. The molecule has 0 amide bonds. The minimum absolute atomic E-state index is 0.457. The van der Waals surface area contributed by atoms with Crippen molar-refractivity contribution in [3.05, 3.63) is 35.9 Å². The lowest BCUT2D eigenvalue weighted by Crippen LogP contribution is -2.45. The Hall–Kier alpha value is -1.63. The molecule has 1 aromatic rings. The summed E-state index contributed by atoms with van der Waals surface area (Å²) in [5.41, 5.74) is 1.39. The second kappa shape index (κ2) is 11.5. The number of rotatable bonds is 7. The van der Waals surface area contributed by atoms with Gasteiger partial charge in [-0.3, -0.25) is 9.89 Å². The first-order valence-corrected chi connectivity index (χ1v) is 11.4. The molecule has 2 fully saturated rings. The first kappa shape index (κ1) is 22.1. The van der Waals surface area contributed by atoms with Gasteiger partial charge in [0.05, 0.1) is 6.54 Å². The predicted molar refractivity (Wildman–Crippen MR) is 122 cm³/mol. The van der Waals surface area contributed by atoms with E-state index in [9.17, 15) is 0 Å². The van der Waals surface area contributed by atoms with E-state index in [1.165, 1.54) is 31.6 Å². The van der Waals surface area contributed by atoms with Crippen molar-refractivity contribution in [2.45, 2.75) is 45.3 Å². The Morgan fingerprint density at radius 2 is 1.97 bits per heavy atom. The Kier molecular flexibility index (Phi) is 8.77. The summed E-state index contributed by atoms with van der Waals surface area (Å²) in [7, 11) is 2.22. The van der Waals surface area contributed by atoms with Gasteiger partial charge < -0.3 is 20.4 Å². The molecule has 29 heavy (non-hydrogen) atoms. The summed E-state index contributed by atoms with van der Waals surface area (Å²) >= 11 is 0. The standard InChI is InChI=1S/C23H40N6/c1-4-24-23(25-11-14-28-13-8-12-27(3)15-16-28)26-22-17-20(2)29(19-22)18-21-9-6-5-7-10-21/h5-7,9-10,20,22H,4,8,11-19H2,1-3H3,(H2,24,25,26). The van der Waals surface area contributed by atoms with E-state index in [2.05, 4.69) is 76.6 Å². The molecule has 0 spiro atoms. The molecular weight excluding hydrogens is 360 g/mol. The monoisotopic (exact) mass is 400 g/mol. The Morgan fingerprint density at radius 3 is 2.76 bits per heavy atom. The molecule has 2 saturated heterocycles. The van der Waals surface area contributed by atoms with Gasteiger partial charge >= 0.3 is 0 Å². The van der Waals surface area contributed by atoms with E-state index in [0.717, 1.165) is 51.6 Å². The molecule has 1 aromatic carbocycles. The first-order valence-electron chi connectivity index (χ1n) is 11.4. The maximum Gasteiger partial charge on any atom is 0.191 e. The molecule has 3 rings (SSSR count). The number of hydrogen-bond donors (Lipinski definition) is 2. The average Bonchev–Trinajstić information content (AvgIpc) is 2.91. The number of nitrogens with one attached hydrogen (secondary N) is 2. The molecule has 0 aromatic heterocycles. The maximum absolute atomic E-state index is 4.88. The highest BCUT2D eigenvalue weighted by Crippen LogP contribution is 2.20. The van der Waals surface area contributed by atoms with E-state index in [1.807, 2.05) is 0 Å². The smallest absolute Gasteiger partial charge is 0.191 e. The summed E-state index contributed by atoms with van der Waals surface area (Å²) in [6, 6.07) is 11.8. The molecule has 2 aliphatic rings. The molecule has 0 saturated carbocycles. The molecule has 0 bridgehead atoms. The SMILES string of the molecule is CCNC(=NCCN1CCCN(C)CC1)NC1CC(C)N(Cc2ccccc2)C1. The number of likely N-dealkylation sites (tertiary alicyclic amines) is 1. The van der Waals surface area contributed by atoms with E-state index in [4.69, 9.17) is 4.99 Å². The Labute approximate surface area is 177 Å². The van der Waals surface area contributed by atoms with Gasteiger partial charge in [-0.15, -0.1) is 0 Å². The molecular formula is C23H40N6. The first-order chi connectivity index (χ1) is 14.1. The van der Waals surface area contributed by atoms with E-state index in [-0.39, 0.29) is 0 Å². The van der Waals surface area contributed by atoms with Crippen LogP contribution in [0.15, 0.2) is 35.3 Å². The van der Waals surface area contributed by atoms with Crippen LogP contribution in [0.4, 0.5) is 0 Å². The molecule has 162 valence electrons. The molecule has 2 heterocycles. The zero-order chi connectivity index (χ0) is 20.5. The van der Waals surface area contributed by atoms with Crippen molar-refractivity contribution in [2.24, 2.45) is 4.99 Å². The lowest BCUT2D eigenvalue weighted by atomic mass is 10.2. The number of hydrogen-bond acceptors (Lipinski definition) is 4. The van der Waals surface area contributed by atoms with Gasteiger partial charge in [0.1, 0.15) is 0 Å². The van der Waals surface area contributed by atoms with Crippen molar-refractivity contribution in [2.75, 3.05) is 59.4 Å². The molecule has 2 N–H and O–H groups in total. The van der Waals surface area contributed by atoms with Crippen LogP contribution < -0.4 is 10.6 Å². The molecule has 2 unspecified atom stereocenters. The lowest BCUT2D eigenvalue weighted by molar-refractivity contribution is 0.258. The third-order valence-corrected chi connectivity index (χ3v) is 6.12. The van der Waals surface area contributed by atoms with E-state index in [1.54, 1.807) is 0 Å². The van der Waals surface area contributed by atoms with Gasteiger partial charge in [-0.25, -0.2) is 0 Å². The van der Waals surface area contributed by atoms with Gasteiger partial charge in [0.15, 0.2) is 5.96 Å². The second-order valence-corrected chi connectivity index (χ2v) is 8.60. The second-order valence-electron chi connectivity index (χ2n) is 8.60. The fraction of sp³-hybridized carbons (Fsp3) is 0.696. The van der Waals surface area contributed by atoms with Gasteiger partial charge in [-0.1, -0.05) is 30.3 Å². The number of nitrogens with zero attached hydrogens (tertiary/aromatic N) is 4. The third kappa shape index (κ3) is 7.28. The summed E-state index contributed by atoms with van der Waals surface area (Å²) in [5, 5.41) is 7.13. The third-order valence-electron chi connectivity index (χ3n) is 6.12. The quantitative estimate of drug-likeness (QED) is 0.540. The van der Waals surface area contributed by atoms with Crippen LogP contribution in [0.3, 0.4) is 0 Å². The zero-order valence-electron chi connectivity index (χ0n) is 18.6. The van der Waals surface area contributed by atoms with Crippen LogP contribution in [-0.4, -0.2) is 92.1 Å². The van der Waals surface area contributed by atoms with Crippen molar-refractivity contribution in [3.8, 4) is 0 Å². The maximum atomic E-state index is 4.88. The number of benzene rings is 1. The summed E-state index contributed by atoms with van der Waals surface area (Å²) in [6.07, 6.45) is 2.42. The highest BCUT2D eigenvalue weighted by atomic mass is 15.3. The normalized spacial score (nSPS) is 25.1. The van der Waals surface area contributed by atoms with Crippen molar-refractivity contribution in [3.63, 3.8) is 0 Å². The number of likely N-dealkylation sites (N-methyl/N-ethyl adjacent to an activating group) is 1. The number of guanidine groups is 1. The van der Waals surface area contributed by atoms with E-state index in [0.29, 0.717) is 12.1 Å². The summed E-state index contributed by atoms with van der Waals surface area (Å²) in [6.45, 7) is 14.1. The topological polar surface area (TPSA) is 46.1 Å². The molecule has 0 aliphatic carbocycles. The van der Waals surface area contributed by atoms with Crippen LogP contribution in [0.25, 0.3) is 0 Å². The van der Waals surface area contributed by atoms with Gasteiger partial charge in [0, 0.05) is 51.4 Å². The average molecular weight is 401 g/mol. The van der Waals surface area contributed by atoms with Crippen molar-refractivity contribution in [1.82, 2.24) is 25.3 Å². The van der Waals surface area contributed by atoms with Crippen LogP contribution in [0, 0.1) is 0 Å². The van der Waals surface area contributed by atoms with Crippen molar-refractivity contribution >= 4 is 5.96 Å². The van der Waals surface area contributed by atoms with E-state index >= 15 is 0 Å². The van der Waals surface area contributed by atoms with Gasteiger partial charge in [-0.05, 0) is 52.4 Å². The van der Waals surface area contributed by atoms with Gasteiger partial charge in [-0.2, -0.15) is 0 Å². The van der Waals surface area contributed by atoms with Crippen LogP contribution in [-0.2, 0) is 6.54 Å². The van der Waals surface area contributed by atoms with Crippen molar-refractivity contribution in [1.29, 1.82) is 0 Å². The van der Waals surface area contributed by atoms with Crippen molar-refractivity contribution < 1.29 is 0 Å². The predicted octanol–water partition coefficient (Wildman–Crippen LogP) is 1.84. The fourth-order valence-electron chi connectivity index (χ4n) is 4.38. The minimum atomic E-state index is 0.457. The van der Waals surface area contributed by atoms with Crippen LogP contribution in [0.1, 0.15) is 32.3 Å². The Balaban J connectivity index is 1.47. The van der Waals surface area contributed by atoms with Crippen LogP contribution in [0.2, 0.25) is 0 Å². The van der Waals surface area contributed by atoms with Crippen LogP contribution in [0.5, 0.6) is 0 Å². The molecule has 0 radical (unpaired) electrons. The highest BCUT2D eigenvalue weighted by molar-refractivity contribution is 5.80.